The van der Waals surface area contributed by atoms with E-state index < -0.39 is 21.0 Å². The molecule has 0 aliphatic rings. The lowest BCUT2D eigenvalue weighted by Gasteiger charge is -2.12. The maximum absolute atomic E-state index is 12.2. The third-order valence-electron chi connectivity index (χ3n) is 2.79. The van der Waals surface area contributed by atoms with Crippen LogP contribution >= 0.6 is 11.3 Å². The molecule has 0 aliphatic heterocycles. The van der Waals surface area contributed by atoms with Crippen molar-refractivity contribution >= 4 is 38.5 Å². The Labute approximate surface area is 121 Å². The first-order valence-electron chi connectivity index (χ1n) is 5.85. The van der Waals surface area contributed by atoms with E-state index in [0.717, 1.165) is 11.3 Å². The summed E-state index contributed by atoms with van der Waals surface area (Å²) in [5.74, 6) is -0.567. The van der Waals surface area contributed by atoms with Gasteiger partial charge in [-0.15, -0.1) is 11.3 Å². The Morgan fingerprint density at radius 3 is 2.45 bits per heavy atom. The summed E-state index contributed by atoms with van der Waals surface area (Å²) < 4.78 is 24.6. The molecule has 3 N–H and O–H groups in total. The fourth-order valence-corrected chi connectivity index (χ4v) is 4.09. The molecule has 0 fully saturated rings. The number of anilines is 2. The molecule has 1 aromatic heterocycles. The minimum atomic E-state index is -3.64. The minimum absolute atomic E-state index is 0.192. The standard InChI is InChI=1S/C13H14N2O3S2/c1-9(20(17,18)12-3-2-8-19-12)13(16)15-11-6-4-10(14)5-7-11/h2-9H,14H2,1H3,(H,15,16). The van der Waals surface area contributed by atoms with Crippen LogP contribution in [0.3, 0.4) is 0 Å². The quantitative estimate of drug-likeness (QED) is 0.847. The second-order valence-corrected chi connectivity index (χ2v) is 7.67. The highest BCUT2D eigenvalue weighted by Crippen LogP contribution is 2.22. The fraction of sp³-hybridized carbons (Fsp3) is 0.154. The van der Waals surface area contributed by atoms with Crippen molar-refractivity contribution in [3.8, 4) is 0 Å². The van der Waals surface area contributed by atoms with Crippen LogP contribution in [0.2, 0.25) is 0 Å². The number of nitrogens with one attached hydrogen (secondary N) is 1. The molecule has 106 valence electrons. The molecule has 2 aromatic rings. The van der Waals surface area contributed by atoms with Crippen LogP contribution in [0.15, 0.2) is 46.0 Å². The zero-order chi connectivity index (χ0) is 14.8. The molecule has 20 heavy (non-hydrogen) atoms. The molecule has 2 rings (SSSR count). The number of thiophene rings is 1. The molecule has 0 radical (unpaired) electrons. The van der Waals surface area contributed by atoms with Crippen LogP contribution < -0.4 is 11.1 Å². The Morgan fingerprint density at radius 2 is 1.90 bits per heavy atom. The van der Waals surface area contributed by atoms with Gasteiger partial charge in [0.1, 0.15) is 9.46 Å². The van der Waals surface area contributed by atoms with Crippen molar-refractivity contribution in [2.75, 3.05) is 11.1 Å². The molecular weight excluding hydrogens is 296 g/mol. The third kappa shape index (κ3) is 3.00. The highest BCUT2D eigenvalue weighted by molar-refractivity contribution is 7.94. The Hall–Kier alpha value is -1.86. The number of carbonyl (C=O) groups excluding carboxylic acids is 1. The number of hydrogen-bond acceptors (Lipinski definition) is 5. The molecule has 1 aromatic carbocycles. The lowest BCUT2D eigenvalue weighted by molar-refractivity contribution is -0.115. The van der Waals surface area contributed by atoms with Crippen LogP contribution in [0.4, 0.5) is 11.4 Å². The van der Waals surface area contributed by atoms with Crippen LogP contribution in [-0.4, -0.2) is 19.6 Å². The lowest BCUT2D eigenvalue weighted by atomic mass is 10.3. The van der Waals surface area contributed by atoms with Crippen molar-refractivity contribution in [2.24, 2.45) is 0 Å². The summed E-state index contributed by atoms with van der Waals surface area (Å²) >= 11 is 1.10. The summed E-state index contributed by atoms with van der Waals surface area (Å²) in [7, 11) is -3.64. The Bertz CT molecular complexity index is 692. The topological polar surface area (TPSA) is 89.3 Å². The highest BCUT2D eigenvalue weighted by atomic mass is 32.2. The van der Waals surface area contributed by atoms with Crippen molar-refractivity contribution in [3.63, 3.8) is 0 Å². The summed E-state index contributed by atoms with van der Waals surface area (Å²) in [6.07, 6.45) is 0. The molecule has 0 saturated heterocycles. The number of benzene rings is 1. The van der Waals surface area contributed by atoms with Crippen molar-refractivity contribution in [1.82, 2.24) is 0 Å². The van der Waals surface area contributed by atoms with Crippen LogP contribution in [0.1, 0.15) is 6.92 Å². The third-order valence-corrected chi connectivity index (χ3v) is 6.28. The van der Waals surface area contributed by atoms with Crippen LogP contribution in [0.25, 0.3) is 0 Å². The van der Waals surface area contributed by atoms with Gasteiger partial charge in [-0.05, 0) is 42.6 Å². The van der Waals surface area contributed by atoms with Gasteiger partial charge >= 0.3 is 0 Å². The van der Waals surface area contributed by atoms with Crippen molar-refractivity contribution in [3.05, 3.63) is 41.8 Å². The Balaban J connectivity index is 2.15. The first-order valence-corrected chi connectivity index (χ1v) is 8.27. The number of rotatable bonds is 4. The molecule has 1 amide bonds. The molecular formula is C13H14N2O3S2. The first-order chi connectivity index (χ1) is 9.41. The molecule has 1 unspecified atom stereocenters. The summed E-state index contributed by atoms with van der Waals surface area (Å²) in [4.78, 5) is 12.0. The maximum atomic E-state index is 12.2. The lowest BCUT2D eigenvalue weighted by Crippen LogP contribution is -2.32. The Morgan fingerprint density at radius 1 is 1.25 bits per heavy atom. The molecule has 0 aliphatic carbocycles. The molecule has 1 atom stereocenters. The van der Waals surface area contributed by atoms with Crippen molar-refractivity contribution in [2.45, 2.75) is 16.4 Å². The van der Waals surface area contributed by atoms with E-state index in [-0.39, 0.29) is 4.21 Å². The smallest absolute Gasteiger partial charge is 0.242 e. The molecule has 7 heteroatoms. The summed E-state index contributed by atoms with van der Waals surface area (Å²) in [6, 6.07) is 9.65. The van der Waals surface area contributed by atoms with E-state index >= 15 is 0 Å². The van der Waals surface area contributed by atoms with E-state index in [1.54, 1.807) is 35.7 Å². The zero-order valence-corrected chi connectivity index (χ0v) is 12.4. The van der Waals surface area contributed by atoms with E-state index in [1.807, 2.05) is 0 Å². The van der Waals surface area contributed by atoms with Gasteiger partial charge in [0.15, 0.2) is 9.84 Å². The second kappa shape index (κ2) is 5.64. The van der Waals surface area contributed by atoms with Crippen LogP contribution in [0, 0.1) is 0 Å². The molecule has 1 heterocycles. The van der Waals surface area contributed by atoms with E-state index in [4.69, 9.17) is 5.73 Å². The van der Waals surface area contributed by atoms with Gasteiger partial charge in [0.25, 0.3) is 0 Å². The van der Waals surface area contributed by atoms with Gasteiger partial charge in [0.05, 0.1) is 0 Å². The van der Waals surface area contributed by atoms with Crippen LogP contribution in [-0.2, 0) is 14.6 Å². The molecule has 0 bridgehead atoms. The SMILES string of the molecule is CC(C(=O)Nc1ccc(N)cc1)S(=O)(=O)c1cccs1. The first kappa shape index (κ1) is 14.5. The predicted molar refractivity (Wildman–Crippen MR) is 80.5 cm³/mol. The summed E-state index contributed by atoms with van der Waals surface area (Å²) in [5, 5.41) is 3.08. The van der Waals surface area contributed by atoms with Crippen LogP contribution in [0.5, 0.6) is 0 Å². The number of carbonyl (C=O) groups is 1. The van der Waals surface area contributed by atoms with E-state index in [0.29, 0.717) is 11.4 Å². The van der Waals surface area contributed by atoms with Crippen molar-refractivity contribution < 1.29 is 13.2 Å². The summed E-state index contributed by atoms with van der Waals surface area (Å²) in [6.45, 7) is 1.38. The average molecular weight is 310 g/mol. The highest BCUT2D eigenvalue weighted by Gasteiger charge is 2.30. The average Bonchev–Trinajstić information content (AvgIpc) is 2.95. The summed E-state index contributed by atoms with van der Waals surface area (Å²) in [5.41, 5.74) is 6.63. The molecule has 5 nitrogen and oxygen atoms in total. The van der Waals surface area contributed by atoms with E-state index in [1.165, 1.54) is 13.0 Å². The fourth-order valence-electron chi connectivity index (χ4n) is 1.55. The van der Waals surface area contributed by atoms with Gasteiger partial charge in [-0.1, -0.05) is 6.07 Å². The Kier molecular flexibility index (Phi) is 4.10. The zero-order valence-electron chi connectivity index (χ0n) is 10.7. The minimum Gasteiger partial charge on any atom is -0.399 e. The van der Waals surface area contributed by atoms with Gasteiger partial charge in [-0.3, -0.25) is 4.79 Å². The number of sulfone groups is 1. The number of nitrogen functional groups attached to an aromatic ring is 1. The van der Waals surface area contributed by atoms with Gasteiger partial charge < -0.3 is 11.1 Å². The monoisotopic (exact) mass is 310 g/mol. The van der Waals surface area contributed by atoms with Gasteiger partial charge in [0, 0.05) is 11.4 Å². The van der Waals surface area contributed by atoms with Gasteiger partial charge in [-0.2, -0.15) is 0 Å². The number of nitrogens with two attached hydrogens (primary N) is 1. The second-order valence-electron chi connectivity index (χ2n) is 4.23. The predicted octanol–water partition coefficient (Wildman–Crippen LogP) is 2.13. The van der Waals surface area contributed by atoms with Gasteiger partial charge in [0.2, 0.25) is 5.91 Å². The molecule has 0 saturated carbocycles. The number of hydrogen-bond donors (Lipinski definition) is 2. The maximum Gasteiger partial charge on any atom is 0.242 e. The largest absolute Gasteiger partial charge is 0.399 e. The molecule has 0 spiro atoms. The number of amides is 1. The normalized spacial score (nSPS) is 12.8. The van der Waals surface area contributed by atoms with Gasteiger partial charge in [-0.25, -0.2) is 8.42 Å². The van der Waals surface area contributed by atoms with Crippen molar-refractivity contribution in [1.29, 1.82) is 0 Å². The van der Waals surface area contributed by atoms with E-state index in [2.05, 4.69) is 5.32 Å². The van der Waals surface area contributed by atoms with E-state index in [9.17, 15) is 13.2 Å².